The molecule has 0 aliphatic carbocycles. The molecule has 0 atom stereocenters. The Morgan fingerprint density at radius 2 is 1.95 bits per heavy atom. The molecule has 0 saturated carbocycles. The van der Waals surface area contributed by atoms with Crippen LogP contribution in [0.25, 0.3) is 0 Å². The topological polar surface area (TPSA) is 56.3 Å². The lowest BCUT2D eigenvalue weighted by atomic mass is 10.3. The van der Waals surface area contributed by atoms with Gasteiger partial charge < -0.3 is 14.8 Å². The Morgan fingerprint density at radius 1 is 1.19 bits per heavy atom. The Hall–Kier alpha value is -2.12. The smallest absolute Gasteiger partial charge is 0.321 e. The van der Waals surface area contributed by atoms with Crippen LogP contribution >= 0.6 is 0 Å². The first-order chi connectivity index (χ1) is 10.2. The third-order valence-corrected chi connectivity index (χ3v) is 2.61. The van der Waals surface area contributed by atoms with Gasteiger partial charge in [-0.1, -0.05) is 6.07 Å². The summed E-state index contributed by atoms with van der Waals surface area (Å²) in [5.41, 5.74) is 0.846. The molecule has 0 bridgehead atoms. The predicted molar refractivity (Wildman–Crippen MR) is 72.0 cm³/mol. The van der Waals surface area contributed by atoms with Gasteiger partial charge in [-0.25, -0.2) is 14.4 Å². The SMILES string of the molecule is COCCNCc1cnc(Oc2cccc(F)c2F)nc1. The van der Waals surface area contributed by atoms with E-state index in [0.29, 0.717) is 19.7 Å². The summed E-state index contributed by atoms with van der Waals surface area (Å²) < 4.78 is 36.5. The Morgan fingerprint density at radius 3 is 2.67 bits per heavy atom. The van der Waals surface area contributed by atoms with E-state index in [9.17, 15) is 8.78 Å². The van der Waals surface area contributed by atoms with Crippen LogP contribution in [0.4, 0.5) is 8.78 Å². The van der Waals surface area contributed by atoms with Gasteiger partial charge in [-0.15, -0.1) is 0 Å². The van der Waals surface area contributed by atoms with Gasteiger partial charge in [0.15, 0.2) is 11.6 Å². The zero-order chi connectivity index (χ0) is 15.1. The van der Waals surface area contributed by atoms with Gasteiger partial charge in [-0.05, 0) is 12.1 Å². The van der Waals surface area contributed by atoms with Crippen LogP contribution in [0.1, 0.15) is 5.56 Å². The number of benzene rings is 1. The number of hydrogen-bond donors (Lipinski definition) is 1. The Balaban J connectivity index is 1.94. The standard InChI is InChI=1S/C14H15F2N3O2/c1-20-6-5-17-7-10-8-18-14(19-9-10)21-12-4-2-3-11(15)13(12)16/h2-4,8-9,17H,5-7H2,1H3. The lowest BCUT2D eigenvalue weighted by Crippen LogP contribution is -2.18. The van der Waals surface area contributed by atoms with E-state index >= 15 is 0 Å². The molecule has 5 nitrogen and oxygen atoms in total. The molecule has 0 saturated heterocycles. The molecule has 0 aliphatic rings. The van der Waals surface area contributed by atoms with Gasteiger partial charge in [-0.3, -0.25) is 0 Å². The molecule has 1 heterocycles. The molecule has 0 radical (unpaired) electrons. The van der Waals surface area contributed by atoms with Gasteiger partial charge >= 0.3 is 6.01 Å². The van der Waals surface area contributed by atoms with Crippen molar-refractivity contribution in [1.29, 1.82) is 0 Å². The Labute approximate surface area is 120 Å². The average molecular weight is 295 g/mol. The molecule has 0 fully saturated rings. The van der Waals surface area contributed by atoms with E-state index in [1.54, 1.807) is 19.5 Å². The van der Waals surface area contributed by atoms with E-state index in [4.69, 9.17) is 9.47 Å². The maximum Gasteiger partial charge on any atom is 0.321 e. The summed E-state index contributed by atoms with van der Waals surface area (Å²) in [6, 6.07) is 3.63. The monoisotopic (exact) mass is 295 g/mol. The fraction of sp³-hybridized carbons (Fsp3) is 0.286. The lowest BCUT2D eigenvalue weighted by Gasteiger charge is -2.06. The van der Waals surface area contributed by atoms with Crippen molar-refractivity contribution in [3.63, 3.8) is 0 Å². The molecule has 112 valence electrons. The lowest BCUT2D eigenvalue weighted by molar-refractivity contribution is 0.199. The maximum atomic E-state index is 13.4. The number of methoxy groups -OCH3 is 1. The maximum absolute atomic E-state index is 13.4. The number of rotatable bonds is 7. The van der Waals surface area contributed by atoms with E-state index < -0.39 is 11.6 Å². The van der Waals surface area contributed by atoms with Gasteiger partial charge in [0.25, 0.3) is 0 Å². The van der Waals surface area contributed by atoms with E-state index in [1.165, 1.54) is 12.1 Å². The summed E-state index contributed by atoms with van der Waals surface area (Å²) in [4.78, 5) is 7.90. The summed E-state index contributed by atoms with van der Waals surface area (Å²) in [7, 11) is 1.63. The first kappa shape index (κ1) is 15.3. The average Bonchev–Trinajstić information content (AvgIpc) is 2.50. The van der Waals surface area contributed by atoms with Crippen LogP contribution in [0.3, 0.4) is 0 Å². The largest absolute Gasteiger partial charge is 0.421 e. The third kappa shape index (κ3) is 4.44. The van der Waals surface area contributed by atoms with Crippen molar-refractivity contribution < 1.29 is 18.3 Å². The highest BCUT2D eigenvalue weighted by atomic mass is 19.2. The van der Waals surface area contributed by atoms with Gasteiger partial charge in [0.1, 0.15) is 0 Å². The molecule has 1 aromatic heterocycles. The quantitative estimate of drug-likeness (QED) is 0.794. The molecule has 1 N–H and O–H groups in total. The number of hydrogen-bond acceptors (Lipinski definition) is 5. The van der Waals surface area contributed by atoms with Crippen LogP contribution in [0.15, 0.2) is 30.6 Å². The van der Waals surface area contributed by atoms with Crippen molar-refractivity contribution in [2.75, 3.05) is 20.3 Å². The number of aromatic nitrogens is 2. The second kappa shape index (κ2) is 7.61. The fourth-order valence-corrected chi connectivity index (χ4v) is 1.56. The van der Waals surface area contributed by atoms with Crippen molar-refractivity contribution in [3.05, 3.63) is 47.8 Å². The molecule has 21 heavy (non-hydrogen) atoms. The normalized spacial score (nSPS) is 10.6. The number of nitrogens with zero attached hydrogens (tertiary/aromatic N) is 2. The molecular weight excluding hydrogens is 280 g/mol. The zero-order valence-corrected chi connectivity index (χ0v) is 11.5. The molecule has 2 rings (SSSR count). The molecule has 0 spiro atoms. The van der Waals surface area contributed by atoms with Gasteiger partial charge in [0, 0.05) is 38.2 Å². The minimum atomic E-state index is -1.06. The van der Waals surface area contributed by atoms with Gasteiger partial charge in [0.05, 0.1) is 6.61 Å². The number of ether oxygens (including phenoxy) is 2. The molecule has 1 aromatic carbocycles. The van der Waals surface area contributed by atoms with Crippen molar-refractivity contribution in [2.24, 2.45) is 0 Å². The minimum absolute atomic E-state index is 0.0415. The van der Waals surface area contributed by atoms with Crippen LogP contribution < -0.4 is 10.1 Å². The summed E-state index contributed by atoms with van der Waals surface area (Å²) in [6.07, 6.45) is 3.11. The highest BCUT2D eigenvalue weighted by molar-refractivity contribution is 5.27. The highest BCUT2D eigenvalue weighted by Crippen LogP contribution is 2.23. The highest BCUT2D eigenvalue weighted by Gasteiger charge is 2.10. The summed E-state index contributed by atoms with van der Waals surface area (Å²) in [5, 5.41) is 3.13. The molecular formula is C14H15F2N3O2. The van der Waals surface area contributed by atoms with Gasteiger partial charge in [0.2, 0.25) is 5.82 Å². The minimum Gasteiger partial charge on any atom is -0.421 e. The first-order valence-corrected chi connectivity index (χ1v) is 6.33. The van der Waals surface area contributed by atoms with Crippen molar-refractivity contribution >= 4 is 0 Å². The summed E-state index contributed by atoms with van der Waals surface area (Å²) >= 11 is 0. The number of halogens is 2. The van der Waals surface area contributed by atoms with Crippen LogP contribution in [0.2, 0.25) is 0 Å². The van der Waals surface area contributed by atoms with E-state index in [1.807, 2.05) is 0 Å². The van der Waals surface area contributed by atoms with E-state index in [2.05, 4.69) is 15.3 Å². The Kier molecular flexibility index (Phi) is 5.53. The van der Waals surface area contributed by atoms with E-state index in [-0.39, 0.29) is 11.8 Å². The van der Waals surface area contributed by atoms with Crippen LogP contribution in [0.5, 0.6) is 11.8 Å². The Bertz CT molecular complexity index is 579. The zero-order valence-electron chi connectivity index (χ0n) is 11.5. The van der Waals surface area contributed by atoms with Crippen LogP contribution in [0, 0.1) is 11.6 Å². The second-order valence-corrected chi connectivity index (χ2v) is 4.20. The van der Waals surface area contributed by atoms with Crippen molar-refractivity contribution in [3.8, 4) is 11.8 Å². The van der Waals surface area contributed by atoms with Crippen LogP contribution in [-0.4, -0.2) is 30.2 Å². The van der Waals surface area contributed by atoms with Gasteiger partial charge in [-0.2, -0.15) is 4.39 Å². The van der Waals surface area contributed by atoms with Crippen LogP contribution in [-0.2, 0) is 11.3 Å². The van der Waals surface area contributed by atoms with Crippen molar-refractivity contribution in [2.45, 2.75) is 6.54 Å². The summed E-state index contributed by atoms with van der Waals surface area (Å²) in [6.45, 7) is 1.90. The third-order valence-electron chi connectivity index (χ3n) is 2.61. The first-order valence-electron chi connectivity index (χ1n) is 6.33. The molecule has 7 heteroatoms. The summed E-state index contributed by atoms with van der Waals surface area (Å²) in [5.74, 6) is -2.29. The fourth-order valence-electron chi connectivity index (χ4n) is 1.56. The molecule has 0 aliphatic heterocycles. The second-order valence-electron chi connectivity index (χ2n) is 4.20. The molecule has 0 amide bonds. The molecule has 2 aromatic rings. The molecule has 0 unspecified atom stereocenters. The number of nitrogens with one attached hydrogen (secondary N) is 1. The van der Waals surface area contributed by atoms with E-state index in [0.717, 1.165) is 11.6 Å². The predicted octanol–water partition coefficient (Wildman–Crippen LogP) is 2.28. The van der Waals surface area contributed by atoms with Crippen molar-refractivity contribution in [1.82, 2.24) is 15.3 Å².